The van der Waals surface area contributed by atoms with Gasteiger partial charge in [0.1, 0.15) is 0 Å². The van der Waals surface area contributed by atoms with E-state index >= 15 is 0 Å². The van der Waals surface area contributed by atoms with E-state index in [1.165, 1.54) is 0 Å². The number of nitrogens with one attached hydrogen (secondary N) is 1. The molecule has 2 aromatic carbocycles. The van der Waals surface area contributed by atoms with Crippen molar-refractivity contribution in [1.29, 1.82) is 0 Å². The SMILES string of the molecule is CCOC(=O)Oc1cc2cc(NC(=O)CC(C)(C)C)ccc2n1-c1ccccc1. The number of hydrogen-bond donors (Lipinski definition) is 1. The van der Waals surface area contributed by atoms with Crippen molar-refractivity contribution in [2.75, 3.05) is 11.9 Å². The highest BCUT2D eigenvalue weighted by atomic mass is 16.7. The van der Waals surface area contributed by atoms with Crippen molar-refractivity contribution in [2.45, 2.75) is 34.1 Å². The molecule has 1 heterocycles. The zero-order valence-electron chi connectivity index (χ0n) is 17.2. The van der Waals surface area contributed by atoms with Gasteiger partial charge in [0.25, 0.3) is 0 Å². The van der Waals surface area contributed by atoms with Crippen LogP contribution in [0.2, 0.25) is 0 Å². The molecule has 0 atom stereocenters. The lowest BCUT2D eigenvalue weighted by molar-refractivity contribution is -0.117. The van der Waals surface area contributed by atoms with Gasteiger partial charge in [0, 0.05) is 29.2 Å². The number of ether oxygens (including phenoxy) is 2. The van der Waals surface area contributed by atoms with Gasteiger partial charge < -0.3 is 14.8 Å². The van der Waals surface area contributed by atoms with E-state index in [0.29, 0.717) is 18.0 Å². The molecule has 6 heteroatoms. The van der Waals surface area contributed by atoms with Gasteiger partial charge in [-0.3, -0.25) is 9.36 Å². The first-order valence-corrected chi connectivity index (χ1v) is 9.62. The van der Waals surface area contributed by atoms with Gasteiger partial charge in [0.2, 0.25) is 11.8 Å². The van der Waals surface area contributed by atoms with Crippen LogP contribution in [0.15, 0.2) is 54.6 Å². The number of benzene rings is 2. The van der Waals surface area contributed by atoms with Gasteiger partial charge in [-0.25, -0.2) is 4.79 Å². The molecule has 0 radical (unpaired) electrons. The lowest BCUT2D eigenvalue weighted by atomic mass is 9.92. The van der Waals surface area contributed by atoms with Crippen LogP contribution < -0.4 is 10.1 Å². The largest absolute Gasteiger partial charge is 0.515 e. The minimum Gasteiger partial charge on any atom is -0.434 e. The molecule has 0 aliphatic heterocycles. The summed E-state index contributed by atoms with van der Waals surface area (Å²) in [6, 6.07) is 17.0. The van der Waals surface area contributed by atoms with E-state index in [-0.39, 0.29) is 17.9 Å². The maximum absolute atomic E-state index is 12.3. The molecule has 1 aromatic heterocycles. The maximum atomic E-state index is 12.3. The van der Waals surface area contributed by atoms with Crippen molar-refractivity contribution in [3.8, 4) is 11.6 Å². The highest BCUT2D eigenvalue weighted by molar-refractivity contribution is 5.95. The molecule has 0 saturated heterocycles. The third-order valence-corrected chi connectivity index (χ3v) is 4.21. The van der Waals surface area contributed by atoms with E-state index in [0.717, 1.165) is 16.6 Å². The molecule has 1 amide bonds. The van der Waals surface area contributed by atoms with Gasteiger partial charge in [-0.15, -0.1) is 0 Å². The number of para-hydroxylation sites is 1. The fourth-order valence-corrected chi connectivity index (χ4v) is 3.11. The second kappa shape index (κ2) is 8.39. The Morgan fingerprint density at radius 3 is 2.41 bits per heavy atom. The van der Waals surface area contributed by atoms with Crippen LogP contribution in [0.4, 0.5) is 10.5 Å². The van der Waals surface area contributed by atoms with E-state index in [1.807, 2.05) is 73.9 Å². The van der Waals surface area contributed by atoms with E-state index in [4.69, 9.17) is 9.47 Å². The van der Waals surface area contributed by atoms with Gasteiger partial charge in [0.05, 0.1) is 12.1 Å². The molecule has 0 spiro atoms. The third kappa shape index (κ3) is 5.16. The quantitative estimate of drug-likeness (QED) is 0.577. The number of amides is 1. The Balaban J connectivity index is 1.98. The summed E-state index contributed by atoms with van der Waals surface area (Å²) in [5.74, 6) is 0.310. The molecule has 0 unspecified atom stereocenters. The summed E-state index contributed by atoms with van der Waals surface area (Å²) >= 11 is 0. The first kappa shape index (κ1) is 20.5. The smallest absolute Gasteiger partial charge is 0.434 e. The number of anilines is 1. The predicted octanol–water partition coefficient (Wildman–Crippen LogP) is 5.54. The van der Waals surface area contributed by atoms with Crippen LogP contribution in [0.5, 0.6) is 5.88 Å². The van der Waals surface area contributed by atoms with Crippen LogP contribution >= 0.6 is 0 Å². The summed E-state index contributed by atoms with van der Waals surface area (Å²) in [6.07, 6.45) is -0.334. The number of fused-ring (bicyclic) bond motifs is 1. The monoisotopic (exact) mass is 394 g/mol. The number of rotatable bonds is 5. The molecule has 0 saturated carbocycles. The molecule has 0 aliphatic carbocycles. The molecule has 1 N–H and O–H groups in total. The van der Waals surface area contributed by atoms with Crippen molar-refractivity contribution >= 4 is 28.7 Å². The van der Waals surface area contributed by atoms with Crippen molar-refractivity contribution < 1.29 is 19.1 Å². The van der Waals surface area contributed by atoms with E-state index < -0.39 is 6.16 Å². The highest BCUT2D eigenvalue weighted by Gasteiger charge is 2.18. The van der Waals surface area contributed by atoms with E-state index in [2.05, 4.69) is 5.32 Å². The molecule has 6 nitrogen and oxygen atoms in total. The van der Waals surface area contributed by atoms with Gasteiger partial charge in [0.15, 0.2) is 0 Å². The van der Waals surface area contributed by atoms with E-state index in [9.17, 15) is 9.59 Å². The van der Waals surface area contributed by atoms with Crippen molar-refractivity contribution in [2.24, 2.45) is 5.41 Å². The first-order chi connectivity index (χ1) is 13.8. The normalized spacial score (nSPS) is 11.3. The summed E-state index contributed by atoms with van der Waals surface area (Å²) in [7, 11) is 0. The van der Waals surface area contributed by atoms with Crippen molar-refractivity contribution in [3.63, 3.8) is 0 Å². The van der Waals surface area contributed by atoms with Crippen LogP contribution in [-0.2, 0) is 9.53 Å². The summed E-state index contributed by atoms with van der Waals surface area (Å²) in [6.45, 7) is 8.02. The van der Waals surface area contributed by atoms with Crippen molar-refractivity contribution in [3.05, 3.63) is 54.6 Å². The summed E-state index contributed by atoms with van der Waals surface area (Å²) in [5, 5.41) is 3.77. The fourth-order valence-electron chi connectivity index (χ4n) is 3.11. The summed E-state index contributed by atoms with van der Waals surface area (Å²) < 4.78 is 12.2. The summed E-state index contributed by atoms with van der Waals surface area (Å²) in [5.41, 5.74) is 2.31. The zero-order chi connectivity index (χ0) is 21.0. The van der Waals surface area contributed by atoms with Gasteiger partial charge in [-0.1, -0.05) is 39.0 Å². The second-order valence-electron chi connectivity index (χ2n) is 8.00. The van der Waals surface area contributed by atoms with Crippen LogP contribution in [0.25, 0.3) is 16.6 Å². The second-order valence-corrected chi connectivity index (χ2v) is 8.00. The molecule has 0 bridgehead atoms. The predicted molar refractivity (Wildman–Crippen MR) is 114 cm³/mol. The lowest BCUT2D eigenvalue weighted by Gasteiger charge is -2.17. The lowest BCUT2D eigenvalue weighted by Crippen LogP contribution is -2.19. The first-order valence-electron chi connectivity index (χ1n) is 9.62. The fraction of sp³-hybridized carbons (Fsp3) is 0.304. The maximum Gasteiger partial charge on any atom is 0.515 e. The standard InChI is InChI=1S/C23H26N2O4/c1-5-28-22(27)29-21-14-16-13-17(24-20(26)15-23(2,3)4)11-12-19(16)25(21)18-9-7-6-8-10-18/h6-14H,5,15H2,1-4H3,(H,24,26). The van der Waals surface area contributed by atoms with Crippen LogP contribution in [0, 0.1) is 5.41 Å². The molecule has 0 fully saturated rings. The van der Waals surface area contributed by atoms with Crippen LogP contribution in [-0.4, -0.2) is 23.2 Å². The topological polar surface area (TPSA) is 69.6 Å². The number of carbonyl (C=O) groups is 2. The van der Waals surface area contributed by atoms with Crippen LogP contribution in [0.1, 0.15) is 34.1 Å². The Hall–Kier alpha value is -3.28. The Kier molecular flexibility index (Phi) is 5.92. The average molecular weight is 394 g/mol. The minimum absolute atomic E-state index is 0.0395. The Bertz CT molecular complexity index is 1020. The highest BCUT2D eigenvalue weighted by Crippen LogP contribution is 2.32. The molecule has 3 rings (SSSR count). The number of hydrogen-bond acceptors (Lipinski definition) is 4. The Labute approximate surface area is 170 Å². The van der Waals surface area contributed by atoms with Crippen molar-refractivity contribution in [1.82, 2.24) is 4.57 Å². The number of aromatic nitrogens is 1. The molecular formula is C23H26N2O4. The third-order valence-electron chi connectivity index (χ3n) is 4.21. The van der Waals surface area contributed by atoms with Crippen LogP contribution in [0.3, 0.4) is 0 Å². The van der Waals surface area contributed by atoms with Gasteiger partial charge in [-0.05, 0) is 42.7 Å². The number of nitrogens with zero attached hydrogens (tertiary/aromatic N) is 1. The Morgan fingerprint density at radius 1 is 1.03 bits per heavy atom. The molecule has 0 aliphatic rings. The molecule has 152 valence electrons. The molecule has 3 aromatic rings. The summed E-state index contributed by atoms with van der Waals surface area (Å²) in [4.78, 5) is 24.2. The average Bonchev–Trinajstić information content (AvgIpc) is 2.97. The number of carbonyl (C=O) groups excluding carboxylic acids is 2. The van der Waals surface area contributed by atoms with Gasteiger partial charge >= 0.3 is 6.16 Å². The molecule has 29 heavy (non-hydrogen) atoms. The van der Waals surface area contributed by atoms with E-state index in [1.54, 1.807) is 13.0 Å². The minimum atomic E-state index is -0.758. The zero-order valence-corrected chi connectivity index (χ0v) is 17.2. The Morgan fingerprint density at radius 2 is 1.76 bits per heavy atom. The van der Waals surface area contributed by atoms with Gasteiger partial charge in [-0.2, -0.15) is 0 Å². The molecular weight excluding hydrogens is 368 g/mol.